The standard InChI is InChI=1S/C16H22O7S/c1-9-5-7-11(8-6-9)24(18,19)23-13-12(10(2)17)20-15-14(13)21-16(3,4)22-15/h5-8,10,12-15,17H,1-4H3/t10-,12-,13+,14-,15-/m1/s1. The van der Waals surface area contributed by atoms with Gasteiger partial charge < -0.3 is 19.3 Å². The fraction of sp³-hybridized carbons (Fsp3) is 0.625. The second kappa shape index (κ2) is 6.05. The van der Waals surface area contributed by atoms with Crippen LogP contribution in [0.25, 0.3) is 0 Å². The summed E-state index contributed by atoms with van der Waals surface area (Å²) in [5, 5.41) is 9.90. The van der Waals surface area contributed by atoms with Crippen LogP contribution < -0.4 is 0 Å². The zero-order chi connectivity index (χ0) is 17.7. The summed E-state index contributed by atoms with van der Waals surface area (Å²) < 4.78 is 47.4. The highest BCUT2D eigenvalue weighted by Crippen LogP contribution is 2.40. The Kier molecular flexibility index (Phi) is 4.48. The molecule has 134 valence electrons. The minimum Gasteiger partial charge on any atom is -0.391 e. The Morgan fingerprint density at radius 1 is 1.21 bits per heavy atom. The van der Waals surface area contributed by atoms with Crippen molar-refractivity contribution in [3.63, 3.8) is 0 Å². The first-order chi connectivity index (χ1) is 11.1. The van der Waals surface area contributed by atoms with E-state index in [2.05, 4.69) is 0 Å². The molecule has 0 unspecified atom stereocenters. The van der Waals surface area contributed by atoms with Crippen molar-refractivity contribution >= 4 is 10.1 Å². The highest BCUT2D eigenvalue weighted by Gasteiger charge is 2.57. The van der Waals surface area contributed by atoms with E-state index in [9.17, 15) is 13.5 Å². The van der Waals surface area contributed by atoms with E-state index in [0.29, 0.717) is 0 Å². The number of aliphatic hydroxyl groups excluding tert-OH is 1. The average molecular weight is 358 g/mol. The van der Waals surface area contributed by atoms with Gasteiger partial charge in [0.05, 0.1) is 11.0 Å². The third kappa shape index (κ3) is 3.35. The molecule has 2 heterocycles. The first kappa shape index (κ1) is 17.8. The fourth-order valence-corrected chi connectivity index (χ4v) is 4.00. The summed E-state index contributed by atoms with van der Waals surface area (Å²) in [5.41, 5.74) is 0.939. The van der Waals surface area contributed by atoms with Gasteiger partial charge in [-0.15, -0.1) is 0 Å². The van der Waals surface area contributed by atoms with E-state index in [-0.39, 0.29) is 4.90 Å². The van der Waals surface area contributed by atoms with Gasteiger partial charge in [0.15, 0.2) is 12.1 Å². The van der Waals surface area contributed by atoms with Gasteiger partial charge in [0.2, 0.25) is 0 Å². The molecule has 0 amide bonds. The molecular formula is C16H22O7S. The van der Waals surface area contributed by atoms with Crippen molar-refractivity contribution < 1.29 is 31.9 Å². The lowest BCUT2D eigenvalue weighted by atomic mass is 10.1. The molecule has 5 atom stereocenters. The monoisotopic (exact) mass is 358 g/mol. The summed E-state index contributed by atoms with van der Waals surface area (Å²) in [7, 11) is -4.03. The molecule has 0 saturated carbocycles. The summed E-state index contributed by atoms with van der Waals surface area (Å²) in [6, 6.07) is 6.33. The number of aryl methyl sites for hydroxylation is 1. The molecule has 0 radical (unpaired) electrons. The second-order valence-corrected chi connectivity index (χ2v) is 8.21. The third-order valence-electron chi connectivity index (χ3n) is 4.05. The summed E-state index contributed by atoms with van der Waals surface area (Å²) in [5.74, 6) is -0.909. The zero-order valence-electron chi connectivity index (χ0n) is 14.0. The first-order valence-electron chi connectivity index (χ1n) is 7.78. The van der Waals surface area contributed by atoms with Crippen LogP contribution in [0.15, 0.2) is 29.2 Å². The van der Waals surface area contributed by atoms with Gasteiger partial charge >= 0.3 is 0 Å². The molecular weight excluding hydrogens is 336 g/mol. The van der Waals surface area contributed by atoms with Gasteiger partial charge in [-0.2, -0.15) is 8.42 Å². The average Bonchev–Trinajstić information content (AvgIpc) is 2.92. The number of benzene rings is 1. The topological polar surface area (TPSA) is 91.3 Å². The van der Waals surface area contributed by atoms with Gasteiger partial charge in [0.1, 0.15) is 18.3 Å². The van der Waals surface area contributed by atoms with E-state index in [1.165, 1.54) is 19.1 Å². The second-order valence-electron chi connectivity index (χ2n) is 6.64. The van der Waals surface area contributed by atoms with Crippen LogP contribution in [0.5, 0.6) is 0 Å². The third-order valence-corrected chi connectivity index (χ3v) is 5.37. The molecule has 0 spiro atoms. The Balaban J connectivity index is 1.86. The molecule has 2 fully saturated rings. The molecule has 1 N–H and O–H groups in total. The lowest BCUT2D eigenvalue weighted by Crippen LogP contribution is -2.42. The summed E-state index contributed by atoms with van der Waals surface area (Å²) in [6.07, 6.45) is -4.32. The number of hydrogen-bond donors (Lipinski definition) is 1. The molecule has 0 bridgehead atoms. The number of hydrogen-bond acceptors (Lipinski definition) is 7. The smallest absolute Gasteiger partial charge is 0.297 e. The Bertz CT molecular complexity index is 696. The van der Waals surface area contributed by atoms with Crippen molar-refractivity contribution in [2.75, 3.05) is 0 Å². The van der Waals surface area contributed by atoms with Crippen LogP contribution in [-0.4, -0.2) is 50.0 Å². The van der Waals surface area contributed by atoms with E-state index in [4.69, 9.17) is 18.4 Å². The lowest BCUT2D eigenvalue weighted by Gasteiger charge is -2.26. The number of ether oxygens (including phenoxy) is 3. The van der Waals surface area contributed by atoms with Crippen molar-refractivity contribution in [3.05, 3.63) is 29.8 Å². The van der Waals surface area contributed by atoms with Crippen molar-refractivity contribution in [3.8, 4) is 0 Å². The maximum absolute atomic E-state index is 12.6. The summed E-state index contributed by atoms with van der Waals surface area (Å²) in [6.45, 7) is 6.78. The number of rotatable bonds is 4. The van der Waals surface area contributed by atoms with Gasteiger partial charge in [0, 0.05) is 0 Å². The minimum absolute atomic E-state index is 0.0408. The molecule has 3 rings (SSSR count). The lowest BCUT2D eigenvalue weighted by molar-refractivity contribution is -0.222. The zero-order valence-corrected chi connectivity index (χ0v) is 14.8. The maximum Gasteiger partial charge on any atom is 0.297 e. The molecule has 7 nitrogen and oxygen atoms in total. The fourth-order valence-electron chi connectivity index (χ4n) is 2.91. The molecule has 2 aliphatic rings. The van der Waals surface area contributed by atoms with E-state index in [1.54, 1.807) is 26.0 Å². The predicted octanol–water partition coefficient (Wildman–Crippen LogP) is 1.33. The Hall–Kier alpha value is -1.03. The Labute approximate surface area is 141 Å². The maximum atomic E-state index is 12.6. The SMILES string of the molecule is Cc1ccc(S(=O)(=O)O[C@@H]2[C@H]3OC(C)(C)O[C@H]3O[C@@H]2[C@@H](C)O)cc1. The Morgan fingerprint density at radius 2 is 1.83 bits per heavy atom. The van der Waals surface area contributed by atoms with Gasteiger partial charge in [-0.25, -0.2) is 0 Å². The molecule has 24 heavy (non-hydrogen) atoms. The van der Waals surface area contributed by atoms with Crippen molar-refractivity contribution in [1.82, 2.24) is 0 Å². The molecule has 8 heteroatoms. The predicted molar refractivity (Wildman–Crippen MR) is 83.6 cm³/mol. The summed E-state index contributed by atoms with van der Waals surface area (Å²) >= 11 is 0. The molecule has 2 aliphatic heterocycles. The number of fused-ring (bicyclic) bond motifs is 1. The van der Waals surface area contributed by atoms with Crippen molar-refractivity contribution in [1.29, 1.82) is 0 Å². The van der Waals surface area contributed by atoms with Crippen molar-refractivity contribution in [2.24, 2.45) is 0 Å². The van der Waals surface area contributed by atoms with Crippen LogP contribution in [0, 0.1) is 6.92 Å². The highest BCUT2D eigenvalue weighted by atomic mass is 32.2. The molecule has 0 aromatic heterocycles. The van der Waals surface area contributed by atoms with Gasteiger partial charge in [-0.1, -0.05) is 17.7 Å². The van der Waals surface area contributed by atoms with Crippen LogP contribution in [0.3, 0.4) is 0 Å². The normalized spacial score (nSPS) is 33.4. The van der Waals surface area contributed by atoms with Crippen LogP contribution in [0.1, 0.15) is 26.3 Å². The van der Waals surface area contributed by atoms with Crippen LogP contribution in [0.4, 0.5) is 0 Å². The van der Waals surface area contributed by atoms with Crippen LogP contribution in [-0.2, 0) is 28.5 Å². The first-order valence-corrected chi connectivity index (χ1v) is 9.19. The highest BCUT2D eigenvalue weighted by molar-refractivity contribution is 7.86. The van der Waals surface area contributed by atoms with E-state index >= 15 is 0 Å². The van der Waals surface area contributed by atoms with Gasteiger partial charge in [0.25, 0.3) is 10.1 Å². The largest absolute Gasteiger partial charge is 0.391 e. The molecule has 1 aromatic carbocycles. The quantitative estimate of drug-likeness (QED) is 0.812. The van der Waals surface area contributed by atoms with E-state index in [1.807, 2.05) is 6.92 Å². The molecule has 0 aliphatic carbocycles. The van der Waals surface area contributed by atoms with Crippen LogP contribution >= 0.6 is 0 Å². The van der Waals surface area contributed by atoms with Crippen LogP contribution in [0.2, 0.25) is 0 Å². The molecule has 1 aromatic rings. The molecule has 2 saturated heterocycles. The van der Waals surface area contributed by atoms with Gasteiger partial charge in [-0.05, 0) is 39.8 Å². The minimum atomic E-state index is -4.03. The Morgan fingerprint density at radius 3 is 2.42 bits per heavy atom. The van der Waals surface area contributed by atoms with Crippen molar-refractivity contribution in [2.45, 2.75) is 69.1 Å². The number of aliphatic hydroxyl groups is 1. The van der Waals surface area contributed by atoms with Gasteiger partial charge in [-0.3, -0.25) is 4.18 Å². The summed E-state index contributed by atoms with van der Waals surface area (Å²) in [4.78, 5) is 0.0408. The van der Waals surface area contributed by atoms with E-state index < -0.39 is 46.6 Å². The van der Waals surface area contributed by atoms with E-state index in [0.717, 1.165) is 5.56 Å².